The van der Waals surface area contributed by atoms with Crippen LogP contribution in [0.15, 0.2) is 23.8 Å². The van der Waals surface area contributed by atoms with Crippen molar-refractivity contribution < 1.29 is 13.3 Å². The Kier molecular flexibility index (Phi) is 5.62. The Labute approximate surface area is 168 Å². The maximum Gasteiger partial charge on any atom is 0.332 e. The first kappa shape index (κ1) is 20.1. The Hall–Kier alpha value is -0.206. The predicted octanol–water partition coefficient (Wildman–Crippen LogP) is 5.19. The summed E-state index contributed by atoms with van der Waals surface area (Å²) >= 11 is 0. The number of hydrogen-bond donors (Lipinski definition) is 0. The quantitative estimate of drug-likeness (QED) is 0.389. The van der Waals surface area contributed by atoms with Crippen molar-refractivity contribution in [2.45, 2.75) is 70.1 Å². The molecule has 0 radical (unpaired) electrons. The summed E-state index contributed by atoms with van der Waals surface area (Å²) in [4.78, 5) is 0. The van der Waals surface area contributed by atoms with Gasteiger partial charge in [-0.3, -0.25) is 0 Å². The molecule has 4 aliphatic rings. The average molecular weight is 407 g/mol. The summed E-state index contributed by atoms with van der Waals surface area (Å²) < 4.78 is 19.2. The minimum absolute atomic E-state index is 0.214. The molecule has 0 aromatic rings. The molecule has 4 rings (SSSR count). The summed E-state index contributed by atoms with van der Waals surface area (Å²) in [5, 5.41) is 0.214. The van der Waals surface area contributed by atoms with E-state index in [9.17, 15) is 0 Å². The third-order valence-electron chi connectivity index (χ3n) is 7.84. The molecule has 27 heavy (non-hydrogen) atoms. The fourth-order valence-corrected chi connectivity index (χ4v) is 13.0. The van der Waals surface area contributed by atoms with Gasteiger partial charge in [-0.2, -0.15) is 0 Å². The first-order chi connectivity index (χ1) is 12.9. The minimum atomic E-state index is -1.77. The van der Waals surface area contributed by atoms with Gasteiger partial charge in [0.2, 0.25) is 0 Å². The van der Waals surface area contributed by atoms with Gasteiger partial charge in [0.1, 0.15) is 0 Å². The van der Waals surface area contributed by atoms with E-state index in [1.54, 1.807) is 5.57 Å². The molecule has 6 atom stereocenters. The standard InChI is InChI=1S/C22H38O3Si2/c1-6-23-26(24-7-2)22-14-18(21(15-22)27(4,5)25-8-3)13-20(22)19-12-16-9-10-17(19)11-16/h9-10,13,16-19,21,26H,6-8,11-12,14-15H2,1-5H3. The van der Waals surface area contributed by atoms with E-state index in [2.05, 4.69) is 52.1 Å². The Bertz CT molecular complexity index is 611. The predicted molar refractivity (Wildman–Crippen MR) is 116 cm³/mol. The molecule has 4 bridgehead atoms. The van der Waals surface area contributed by atoms with Crippen LogP contribution >= 0.6 is 0 Å². The lowest BCUT2D eigenvalue weighted by Crippen LogP contribution is -2.43. The Morgan fingerprint density at radius 3 is 2.30 bits per heavy atom. The smallest absolute Gasteiger partial charge is 0.332 e. The second-order valence-corrected chi connectivity index (χ2v) is 16.3. The van der Waals surface area contributed by atoms with Gasteiger partial charge in [0, 0.05) is 24.9 Å². The van der Waals surface area contributed by atoms with Crippen molar-refractivity contribution in [3.8, 4) is 0 Å². The van der Waals surface area contributed by atoms with Gasteiger partial charge in [0.05, 0.1) is 0 Å². The fourth-order valence-electron chi connectivity index (χ4n) is 6.87. The van der Waals surface area contributed by atoms with Gasteiger partial charge in [0.25, 0.3) is 0 Å². The van der Waals surface area contributed by atoms with Crippen LogP contribution in [0, 0.1) is 23.7 Å². The number of fused-ring (bicyclic) bond motifs is 4. The van der Waals surface area contributed by atoms with Gasteiger partial charge in [-0.05, 0) is 88.8 Å². The van der Waals surface area contributed by atoms with Gasteiger partial charge in [0.15, 0.2) is 8.32 Å². The summed E-state index contributed by atoms with van der Waals surface area (Å²) in [5.74, 6) is 3.03. The van der Waals surface area contributed by atoms with E-state index in [0.717, 1.165) is 37.6 Å². The van der Waals surface area contributed by atoms with E-state index >= 15 is 0 Å². The third-order valence-corrected chi connectivity index (χ3v) is 14.3. The topological polar surface area (TPSA) is 27.7 Å². The molecule has 0 spiro atoms. The van der Waals surface area contributed by atoms with Crippen molar-refractivity contribution in [3.63, 3.8) is 0 Å². The maximum atomic E-state index is 6.41. The molecule has 0 saturated heterocycles. The Balaban J connectivity index is 1.68. The monoisotopic (exact) mass is 406 g/mol. The SMILES string of the molecule is CCO[SiH](OCC)C12CC(C=C1C1CC3C=CC1C3)C([Si](C)(C)OCC)C2. The molecule has 0 aromatic heterocycles. The molecule has 2 fully saturated rings. The molecule has 0 N–H and O–H groups in total. The lowest BCUT2D eigenvalue weighted by atomic mass is 9.79. The maximum absolute atomic E-state index is 6.41. The molecule has 5 heteroatoms. The molecule has 3 nitrogen and oxygen atoms in total. The summed E-state index contributed by atoms with van der Waals surface area (Å²) in [6.07, 6.45) is 12.9. The lowest BCUT2D eigenvalue weighted by molar-refractivity contribution is 0.187. The first-order valence-electron chi connectivity index (χ1n) is 11.2. The lowest BCUT2D eigenvalue weighted by Gasteiger charge is -2.43. The van der Waals surface area contributed by atoms with Crippen LogP contribution in [0.2, 0.25) is 23.7 Å². The van der Waals surface area contributed by atoms with Crippen molar-refractivity contribution in [1.29, 1.82) is 0 Å². The molecule has 0 aliphatic heterocycles. The van der Waals surface area contributed by atoms with Crippen LogP contribution in [-0.2, 0) is 13.3 Å². The normalized spacial score (nSPS) is 39.8. The molecule has 152 valence electrons. The summed E-state index contributed by atoms with van der Waals surface area (Å²) in [6.45, 7) is 13.7. The molecule has 6 unspecified atom stereocenters. The van der Waals surface area contributed by atoms with Crippen molar-refractivity contribution in [1.82, 2.24) is 0 Å². The van der Waals surface area contributed by atoms with Crippen LogP contribution in [-0.4, -0.2) is 37.4 Å². The van der Waals surface area contributed by atoms with Crippen LogP contribution in [0.25, 0.3) is 0 Å². The highest BCUT2D eigenvalue weighted by molar-refractivity contribution is 6.73. The largest absolute Gasteiger partial charge is 0.417 e. The number of hydrogen-bond acceptors (Lipinski definition) is 3. The van der Waals surface area contributed by atoms with Crippen molar-refractivity contribution in [2.24, 2.45) is 23.7 Å². The average Bonchev–Trinajstić information content (AvgIpc) is 3.40. The van der Waals surface area contributed by atoms with Crippen LogP contribution in [0.3, 0.4) is 0 Å². The van der Waals surface area contributed by atoms with Crippen LogP contribution in [0.1, 0.15) is 46.5 Å². The highest BCUT2D eigenvalue weighted by atomic mass is 28.4. The van der Waals surface area contributed by atoms with E-state index < -0.39 is 17.6 Å². The molecule has 4 aliphatic carbocycles. The van der Waals surface area contributed by atoms with Crippen molar-refractivity contribution >= 4 is 17.6 Å². The highest BCUT2D eigenvalue weighted by Crippen LogP contribution is 2.71. The van der Waals surface area contributed by atoms with E-state index in [1.807, 2.05) is 0 Å². The first-order valence-corrected chi connectivity index (χ1v) is 15.7. The highest BCUT2D eigenvalue weighted by Gasteiger charge is 2.63. The second-order valence-electron chi connectivity index (χ2n) is 9.62. The zero-order valence-corrected chi connectivity index (χ0v) is 20.0. The molecule has 2 saturated carbocycles. The van der Waals surface area contributed by atoms with Gasteiger partial charge in [-0.15, -0.1) is 0 Å². The van der Waals surface area contributed by atoms with Crippen molar-refractivity contribution in [2.75, 3.05) is 19.8 Å². The molecule has 0 aromatic carbocycles. The van der Waals surface area contributed by atoms with Gasteiger partial charge in [-0.1, -0.05) is 23.8 Å². The van der Waals surface area contributed by atoms with Crippen LogP contribution in [0.4, 0.5) is 0 Å². The van der Waals surface area contributed by atoms with Gasteiger partial charge < -0.3 is 13.3 Å². The summed E-state index contributed by atoms with van der Waals surface area (Å²) in [6, 6.07) is 0. The molecular formula is C22H38O3Si2. The second kappa shape index (κ2) is 7.56. The number of rotatable bonds is 9. The van der Waals surface area contributed by atoms with Crippen molar-refractivity contribution in [3.05, 3.63) is 23.8 Å². The van der Waals surface area contributed by atoms with Crippen LogP contribution in [0.5, 0.6) is 0 Å². The fraction of sp³-hybridized carbons (Fsp3) is 0.818. The van der Waals surface area contributed by atoms with E-state index in [0.29, 0.717) is 11.5 Å². The summed E-state index contributed by atoms with van der Waals surface area (Å²) in [5.41, 5.74) is 2.46. The van der Waals surface area contributed by atoms with E-state index in [1.165, 1.54) is 25.7 Å². The van der Waals surface area contributed by atoms with E-state index in [4.69, 9.17) is 13.3 Å². The number of allylic oxidation sites excluding steroid dienone is 4. The minimum Gasteiger partial charge on any atom is -0.417 e. The van der Waals surface area contributed by atoms with Crippen LogP contribution < -0.4 is 0 Å². The van der Waals surface area contributed by atoms with Gasteiger partial charge in [-0.25, -0.2) is 0 Å². The zero-order valence-electron chi connectivity index (χ0n) is 17.9. The molecule has 0 amide bonds. The third kappa shape index (κ3) is 3.27. The zero-order chi connectivity index (χ0) is 19.2. The molecular weight excluding hydrogens is 368 g/mol. The molecule has 0 heterocycles. The summed E-state index contributed by atoms with van der Waals surface area (Å²) in [7, 11) is -3.47. The Morgan fingerprint density at radius 1 is 1.00 bits per heavy atom. The Morgan fingerprint density at radius 2 is 1.74 bits per heavy atom. The van der Waals surface area contributed by atoms with E-state index in [-0.39, 0.29) is 5.04 Å². The van der Waals surface area contributed by atoms with Gasteiger partial charge >= 0.3 is 9.28 Å².